The van der Waals surface area contributed by atoms with Gasteiger partial charge in [-0.25, -0.2) is 4.39 Å². The summed E-state index contributed by atoms with van der Waals surface area (Å²) >= 11 is 0. The van der Waals surface area contributed by atoms with E-state index < -0.39 is 5.82 Å². The number of aromatic hydroxyl groups is 1. The number of amides is 1. The van der Waals surface area contributed by atoms with Gasteiger partial charge in [0.25, 0.3) is 5.91 Å². The maximum absolute atomic E-state index is 13.6. The predicted molar refractivity (Wildman–Crippen MR) is 174 cm³/mol. The van der Waals surface area contributed by atoms with Gasteiger partial charge in [0.1, 0.15) is 11.5 Å². The van der Waals surface area contributed by atoms with Gasteiger partial charge in [0.05, 0.1) is 52.3 Å². The fourth-order valence-corrected chi connectivity index (χ4v) is 5.46. The molecular weight excluding hydrogens is 595 g/mol. The number of rotatable bonds is 11. The van der Waals surface area contributed by atoms with Crippen molar-refractivity contribution < 1.29 is 42.7 Å². The molecule has 11 heteroatoms. The number of aliphatic imine (C=N–C) groups is 1. The van der Waals surface area contributed by atoms with E-state index >= 15 is 0 Å². The number of carbonyl (C=O) groups is 1. The molecule has 0 bridgehead atoms. The summed E-state index contributed by atoms with van der Waals surface area (Å²) in [6.07, 6.45) is 6.12. The molecule has 2 aliphatic rings. The van der Waals surface area contributed by atoms with Crippen molar-refractivity contribution in [1.29, 1.82) is 0 Å². The van der Waals surface area contributed by atoms with Crippen LogP contribution in [0.2, 0.25) is 0 Å². The standard InChI is InChI=1S/C20H28N2O3.C15H15FO5/c1-5-8-20(2,3)13-25-18-11-16-15(10-17(18)24-4)19(23)22-9-6-7-14(22)12-21-16;1-18-13-7-10(8-14(19-2)15(13)20-3)21-12-6-9(17)4-5-11(12)16/h10-12,14H,5-9,13H2,1-4H3;4-8,17H,1-3H3. The molecule has 10 nitrogen and oxygen atoms in total. The summed E-state index contributed by atoms with van der Waals surface area (Å²) in [7, 11) is 6.02. The Bertz CT molecular complexity index is 1530. The van der Waals surface area contributed by atoms with Crippen molar-refractivity contribution in [3.8, 4) is 46.0 Å². The van der Waals surface area contributed by atoms with Gasteiger partial charge < -0.3 is 38.4 Å². The Morgan fingerprint density at radius 3 is 2.26 bits per heavy atom. The molecule has 2 aliphatic heterocycles. The van der Waals surface area contributed by atoms with E-state index in [1.165, 1.54) is 45.6 Å². The molecule has 2 heterocycles. The van der Waals surface area contributed by atoms with Gasteiger partial charge in [-0.2, -0.15) is 0 Å². The SMILES string of the molecule is CCCC(C)(C)COc1cc2c(cc1OC)C(=O)N1CCCC1C=N2.COc1cc(Oc2cc(O)ccc2F)cc(OC)c1OC. The van der Waals surface area contributed by atoms with E-state index in [2.05, 4.69) is 25.8 Å². The minimum atomic E-state index is -0.596. The van der Waals surface area contributed by atoms with Crippen LogP contribution in [0.25, 0.3) is 0 Å². The van der Waals surface area contributed by atoms with E-state index in [9.17, 15) is 14.3 Å². The van der Waals surface area contributed by atoms with Crippen LogP contribution in [0, 0.1) is 11.2 Å². The zero-order chi connectivity index (χ0) is 33.4. The molecule has 0 spiro atoms. The average Bonchev–Trinajstić information content (AvgIpc) is 3.48. The lowest BCUT2D eigenvalue weighted by molar-refractivity contribution is 0.0774. The first-order chi connectivity index (χ1) is 22.0. The molecule has 1 atom stereocenters. The number of benzene rings is 3. The Hall–Kier alpha value is -4.67. The maximum atomic E-state index is 13.6. The third kappa shape index (κ3) is 7.94. The summed E-state index contributed by atoms with van der Waals surface area (Å²) in [4.78, 5) is 19.3. The lowest BCUT2D eigenvalue weighted by atomic mass is 9.89. The third-order valence-corrected chi connectivity index (χ3v) is 7.78. The van der Waals surface area contributed by atoms with Gasteiger partial charge in [-0.1, -0.05) is 27.2 Å². The van der Waals surface area contributed by atoms with Crippen LogP contribution in [0.1, 0.15) is 56.8 Å². The number of methoxy groups -OCH3 is 4. The van der Waals surface area contributed by atoms with Crippen molar-refractivity contribution in [2.45, 2.75) is 52.5 Å². The highest BCUT2D eigenvalue weighted by molar-refractivity contribution is 6.03. The van der Waals surface area contributed by atoms with E-state index in [0.29, 0.717) is 46.6 Å². The Morgan fingerprint density at radius 2 is 1.63 bits per heavy atom. The number of phenols is 1. The first kappa shape index (κ1) is 34.2. The van der Waals surface area contributed by atoms with Gasteiger partial charge in [0, 0.05) is 37.0 Å². The Morgan fingerprint density at radius 1 is 0.935 bits per heavy atom. The van der Waals surface area contributed by atoms with Crippen LogP contribution in [0.15, 0.2) is 47.5 Å². The van der Waals surface area contributed by atoms with E-state index in [1.807, 2.05) is 17.2 Å². The predicted octanol–water partition coefficient (Wildman–Crippen LogP) is 7.57. The highest BCUT2D eigenvalue weighted by atomic mass is 19.1. The summed E-state index contributed by atoms with van der Waals surface area (Å²) in [6.45, 7) is 7.96. The first-order valence-corrected chi connectivity index (χ1v) is 15.2. The Labute approximate surface area is 269 Å². The van der Waals surface area contributed by atoms with Gasteiger partial charge in [-0.05, 0) is 42.9 Å². The number of halogens is 1. The molecule has 3 aromatic carbocycles. The van der Waals surface area contributed by atoms with Crippen molar-refractivity contribution in [1.82, 2.24) is 4.90 Å². The van der Waals surface area contributed by atoms with Crippen LogP contribution in [0.3, 0.4) is 0 Å². The molecule has 1 fully saturated rings. The Balaban J connectivity index is 0.000000212. The van der Waals surface area contributed by atoms with Crippen LogP contribution in [0.5, 0.6) is 46.0 Å². The van der Waals surface area contributed by atoms with Gasteiger partial charge in [-0.3, -0.25) is 9.79 Å². The Kier molecular flexibility index (Phi) is 11.2. The number of carbonyl (C=O) groups excluding carboxylic acids is 1. The van der Waals surface area contributed by atoms with Crippen molar-refractivity contribution >= 4 is 17.8 Å². The summed E-state index contributed by atoms with van der Waals surface area (Å²) in [5.74, 6) is 1.93. The summed E-state index contributed by atoms with van der Waals surface area (Å²) in [5.41, 5.74) is 1.36. The summed E-state index contributed by atoms with van der Waals surface area (Å²) < 4.78 is 46.2. The first-order valence-electron chi connectivity index (χ1n) is 15.2. The van der Waals surface area contributed by atoms with Crippen molar-refractivity contribution in [2.75, 3.05) is 41.6 Å². The number of fused-ring (bicyclic) bond motifs is 2. The second kappa shape index (κ2) is 15.1. The minimum Gasteiger partial charge on any atom is -0.508 e. The fraction of sp³-hybridized carbons (Fsp3) is 0.429. The number of nitrogens with zero attached hydrogens (tertiary/aromatic N) is 2. The highest BCUT2D eigenvalue weighted by Gasteiger charge is 2.32. The van der Waals surface area contributed by atoms with E-state index in [1.54, 1.807) is 13.2 Å². The number of phenolic OH excluding ortho intramolecular Hbond substituents is 1. The molecule has 0 radical (unpaired) electrons. The fourth-order valence-electron chi connectivity index (χ4n) is 5.46. The zero-order valence-corrected chi connectivity index (χ0v) is 27.5. The third-order valence-electron chi connectivity index (χ3n) is 7.78. The van der Waals surface area contributed by atoms with E-state index in [0.717, 1.165) is 38.3 Å². The molecule has 1 N–H and O–H groups in total. The smallest absolute Gasteiger partial charge is 0.256 e. The minimum absolute atomic E-state index is 0.0335. The number of hydrogen-bond donors (Lipinski definition) is 1. The van der Waals surface area contributed by atoms with Gasteiger partial charge in [0.15, 0.2) is 34.6 Å². The molecule has 1 amide bonds. The lowest BCUT2D eigenvalue weighted by Crippen LogP contribution is -2.35. The lowest BCUT2D eigenvalue weighted by Gasteiger charge is -2.25. The van der Waals surface area contributed by atoms with Crippen LogP contribution in [-0.2, 0) is 0 Å². The van der Waals surface area contributed by atoms with Crippen LogP contribution in [-0.4, -0.2) is 69.8 Å². The molecule has 46 heavy (non-hydrogen) atoms. The second-order valence-corrected chi connectivity index (χ2v) is 11.8. The van der Waals surface area contributed by atoms with Crippen molar-refractivity contribution in [3.05, 3.63) is 53.8 Å². The average molecular weight is 639 g/mol. The van der Waals surface area contributed by atoms with Crippen molar-refractivity contribution in [2.24, 2.45) is 10.4 Å². The molecular formula is C35H43FN2O8. The molecule has 0 saturated carbocycles. The largest absolute Gasteiger partial charge is 0.508 e. The topological polar surface area (TPSA) is 108 Å². The molecule has 248 valence electrons. The monoisotopic (exact) mass is 638 g/mol. The number of hydrogen-bond acceptors (Lipinski definition) is 9. The molecule has 1 saturated heterocycles. The maximum Gasteiger partial charge on any atom is 0.256 e. The zero-order valence-electron chi connectivity index (χ0n) is 27.5. The van der Waals surface area contributed by atoms with Crippen molar-refractivity contribution in [3.63, 3.8) is 0 Å². The highest BCUT2D eigenvalue weighted by Crippen LogP contribution is 2.43. The van der Waals surface area contributed by atoms with Gasteiger partial charge in [-0.15, -0.1) is 0 Å². The quantitative estimate of drug-likeness (QED) is 0.229. The summed E-state index contributed by atoms with van der Waals surface area (Å²) in [5, 5.41) is 9.38. The van der Waals surface area contributed by atoms with E-state index in [-0.39, 0.29) is 34.6 Å². The summed E-state index contributed by atoms with van der Waals surface area (Å²) in [6, 6.07) is 10.3. The molecule has 0 aromatic heterocycles. The normalized spacial score (nSPS) is 15.2. The van der Waals surface area contributed by atoms with Crippen LogP contribution in [0.4, 0.5) is 10.1 Å². The molecule has 3 aromatic rings. The molecule has 5 rings (SSSR count). The van der Waals surface area contributed by atoms with Crippen LogP contribution >= 0.6 is 0 Å². The molecule has 0 aliphatic carbocycles. The molecule has 1 unspecified atom stereocenters. The van der Waals surface area contributed by atoms with Gasteiger partial charge >= 0.3 is 0 Å². The van der Waals surface area contributed by atoms with E-state index in [4.69, 9.17) is 28.4 Å². The second-order valence-electron chi connectivity index (χ2n) is 11.8. The van der Waals surface area contributed by atoms with Crippen LogP contribution < -0.4 is 28.4 Å². The van der Waals surface area contributed by atoms with Gasteiger partial charge in [0.2, 0.25) is 5.75 Å². The number of ether oxygens (including phenoxy) is 6.